The summed E-state index contributed by atoms with van der Waals surface area (Å²) in [5, 5.41) is 0. The Morgan fingerprint density at radius 2 is 1.42 bits per heavy atom. The molecule has 2 aliphatic heterocycles. The average Bonchev–Trinajstić information content (AvgIpc) is 3.44. The highest BCUT2D eigenvalue weighted by Crippen LogP contribution is 2.63. The lowest BCUT2D eigenvalue weighted by atomic mass is 9.50. The van der Waals surface area contributed by atoms with Gasteiger partial charge in [0.15, 0.2) is 0 Å². The molecule has 0 spiro atoms. The zero-order valence-corrected chi connectivity index (χ0v) is 15.5. The molecular weight excluding hydrogens is 336 g/mol. The van der Waals surface area contributed by atoms with Gasteiger partial charge in [0.1, 0.15) is 17.8 Å². The molecule has 6 rings (SSSR count). The van der Waals surface area contributed by atoms with Crippen molar-refractivity contribution in [2.24, 2.45) is 5.92 Å². The first kappa shape index (κ1) is 17.2. The first-order valence-corrected chi connectivity index (χ1v) is 9.79. The molecule has 144 valence electrons. The fraction of sp³-hybridized carbons (Fsp3) is 0.850. The molecule has 26 heavy (non-hydrogen) atoms. The number of ether oxygens (including phenoxy) is 5. The van der Waals surface area contributed by atoms with E-state index in [1.165, 1.54) is 0 Å². The number of epoxide rings is 2. The van der Waals surface area contributed by atoms with Crippen molar-refractivity contribution in [3.63, 3.8) is 0 Å². The molecule has 6 aliphatic rings. The smallest absolute Gasteiger partial charge is 0.333 e. The van der Waals surface area contributed by atoms with Crippen molar-refractivity contribution in [2.45, 2.75) is 74.5 Å². The summed E-state index contributed by atoms with van der Waals surface area (Å²) in [5.74, 6) is 0.165. The Bertz CT molecular complexity index is 590. The third-order valence-electron chi connectivity index (χ3n) is 6.53. The van der Waals surface area contributed by atoms with Crippen LogP contribution in [0.4, 0.5) is 0 Å². The van der Waals surface area contributed by atoms with E-state index in [9.17, 15) is 4.79 Å². The maximum Gasteiger partial charge on any atom is 0.333 e. The molecule has 4 bridgehead atoms. The Hall–Kier alpha value is -0.950. The summed E-state index contributed by atoms with van der Waals surface area (Å²) < 4.78 is 29.6. The van der Waals surface area contributed by atoms with Crippen LogP contribution in [0.3, 0.4) is 0 Å². The van der Waals surface area contributed by atoms with Crippen LogP contribution in [-0.2, 0) is 28.5 Å². The molecule has 0 N–H and O–H groups in total. The maximum atomic E-state index is 12.3. The van der Waals surface area contributed by atoms with Crippen LogP contribution >= 0.6 is 0 Å². The Morgan fingerprint density at radius 3 is 1.88 bits per heavy atom. The lowest BCUT2D eigenvalue weighted by Crippen LogP contribution is -2.68. The number of hydrogen-bond donors (Lipinski definition) is 0. The lowest BCUT2D eigenvalue weighted by Gasteiger charge is -2.64. The Balaban J connectivity index is 1.40. The Kier molecular flexibility index (Phi) is 3.81. The van der Waals surface area contributed by atoms with Crippen LogP contribution in [0.25, 0.3) is 0 Å². The highest BCUT2D eigenvalue weighted by Gasteiger charge is 2.66. The fourth-order valence-corrected chi connectivity index (χ4v) is 5.76. The van der Waals surface area contributed by atoms with Crippen molar-refractivity contribution in [2.75, 3.05) is 26.4 Å². The summed E-state index contributed by atoms with van der Waals surface area (Å²) in [6.07, 6.45) is 5.81. The van der Waals surface area contributed by atoms with E-state index in [-0.39, 0.29) is 29.4 Å². The minimum absolute atomic E-state index is 0.230. The SMILES string of the molecule is C=C(C)C(=O)OC12CC3CC(OCC4CO4)(CC(OCC4CO4)(C3)C1)C2. The van der Waals surface area contributed by atoms with Crippen LogP contribution in [0.2, 0.25) is 0 Å². The monoisotopic (exact) mass is 364 g/mol. The summed E-state index contributed by atoms with van der Waals surface area (Å²) >= 11 is 0. The van der Waals surface area contributed by atoms with Gasteiger partial charge in [-0.1, -0.05) is 6.58 Å². The number of rotatable bonds is 8. The van der Waals surface area contributed by atoms with E-state index >= 15 is 0 Å². The second-order valence-corrected chi connectivity index (χ2v) is 9.26. The van der Waals surface area contributed by atoms with Gasteiger partial charge in [-0.25, -0.2) is 4.79 Å². The molecule has 0 radical (unpaired) electrons. The molecule has 4 saturated carbocycles. The number of esters is 1. The highest BCUT2D eigenvalue weighted by atomic mass is 16.6. The lowest BCUT2D eigenvalue weighted by molar-refractivity contribution is -0.284. The van der Waals surface area contributed by atoms with E-state index < -0.39 is 5.60 Å². The molecule has 6 nitrogen and oxygen atoms in total. The molecule has 0 aromatic carbocycles. The van der Waals surface area contributed by atoms with Gasteiger partial charge in [-0.3, -0.25) is 0 Å². The Morgan fingerprint density at radius 1 is 0.962 bits per heavy atom. The van der Waals surface area contributed by atoms with E-state index in [4.69, 9.17) is 23.7 Å². The van der Waals surface area contributed by atoms with E-state index in [1.54, 1.807) is 6.92 Å². The zero-order valence-electron chi connectivity index (χ0n) is 15.5. The Labute approximate surface area is 154 Å². The summed E-state index contributed by atoms with van der Waals surface area (Å²) in [6, 6.07) is 0. The second kappa shape index (κ2) is 5.77. The van der Waals surface area contributed by atoms with Gasteiger partial charge in [-0.05, 0) is 32.1 Å². The molecule has 6 heteroatoms. The summed E-state index contributed by atoms with van der Waals surface area (Å²) in [7, 11) is 0. The van der Waals surface area contributed by atoms with Gasteiger partial charge in [0.2, 0.25) is 0 Å². The van der Waals surface area contributed by atoms with Crippen LogP contribution in [0, 0.1) is 5.92 Å². The number of carbonyl (C=O) groups is 1. The van der Waals surface area contributed by atoms with E-state index in [1.807, 2.05) is 0 Å². The van der Waals surface area contributed by atoms with Crippen LogP contribution in [0.5, 0.6) is 0 Å². The third kappa shape index (κ3) is 3.21. The summed E-state index contributed by atoms with van der Waals surface area (Å²) in [4.78, 5) is 12.3. The first-order valence-electron chi connectivity index (χ1n) is 9.79. The van der Waals surface area contributed by atoms with Gasteiger partial charge < -0.3 is 23.7 Å². The third-order valence-corrected chi connectivity index (χ3v) is 6.53. The predicted molar refractivity (Wildman–Crippen MR) is 91.7 cm³/mol. The number of hydrogen-bond acceptors (Lipinski definition) is 6. The van der Waals surface area contributed by atoms with Crippen molar-refractivity contribution in [3.8, 4) is 0 Å². The van der Waals surface area contributed by atoms with Crippen LogP contribution < -0.4 is 0 Å². The topological polar surface area (TPSA) is 69.8 Å². The summed E-state index contributed by atoms with van der Waals surface area (Å²) in [6.45, 7) is 8.28. The van der Waals surface area contributed by atoms with Gasteiger partial charge in [0.25, 0.3) is 0 Å². The van der Waals surface area contributed by atoms with Crippen molar-refractivity contribution in [1.82, 2.24) is 0 Å². The normalized spacial score (nSPS) is 47.7. The highest BCUT2D eigenvalue weighted by molar-refractivity contribution is 5.87. The molecule has 4 aliphatic carbocycles. The molecule has 4 unspecified atom stereocenters. The van der Waals surface area contributed by atoms with Crippen LogP contribution in [-0.4, -0.2) is 61.4 Å². The molecule has 0 aromatic heterocycles. The molecular formula is C20H28O6. The standard InChI is InChI=1S/C20H28O6/c1-13(2)17(21)26-20-5-14-3-18(11-20,24-8-15-6-22-15)10-19(4-14,12-20)25-9-16-7-23-16/h14-16H,1,3-12H2,2H3. The minimum atomic E-state index is -0.496. The van der Waals surface area contributed by atoms with E-state index in [0.717, 1.165) is 51.7 Å². The van der Waals surface area contributed by atoms with Gasteiger partial charge in [-0.2, -0.15) is 0 Å². The van der Waals surface area contributed by atoms with Crippen molar-refractivity contribution >= 4 is 5.97 Å². The van der Waals surface area contributed by atoms with E-state index in [0.29, 0.717) is 24.7 Å². The molecule has 4 atom stereocenters. The molecule has 6 fully saturated rings. The minimum Gasteiger partial charge on any atom is -0.455 e. The van der Waals surface area contributed by atoms with Gasteiger partial charge in [-0.15, -0.1) is 0 Å². The quantitative estimate of drug-likeness (QED) is 0.373. The van der Waals surface area contributed by atoms with Crippen molar-refractivity contribution in [3.05, 3.63) is 12.2 Å². The second-order valence-electron chi connectivity index (χ2n) is 9.26. The average molecular weight is 364 g/mol. The summed E-state index contributed by atoms with van der Waals surface area (Å²) in [5.41, 5.74) is -0.594. The van der Waals surface area contributed by atoms with Gasteiger partial charge in [0.05, 0.1) is 37.6 Å². The van der Waals surface area contributed by atoms with Gasteiger partial charge in [0, 0.05) is 24.8 Å². The van der Waals surface area contributed by atoms with Crippen molar-refractivity contribution in [1.29, 1.82) is 0 Å². The van der Waals surface area contributed by atoms with Crippen LogP contribution in [0.15, 0.2) is 12.2 Å². The van der Waals surface area contributed by atoms with Crippen molar-refractivity contribution < 1.29 is 28.5 Å². The molecule has 0 amide bonds. The maximum absolute atomic E-state index is 12.3. The van der Waals surface area contributed by atoms with Gasteiger partial charge >= 0.3 is 5.97 Å². The molecule has 0 aromatic rings. The zero-order chi connectivity index (χ0) is 18.0. The predicted octanol–water partition coefficient (Wildman–Crippen LogP) is 2.15. The van der Waals surface area contributed by atoms with Crippen LogP contribution in [0.1, 0.15) is 45.4 Å². The molecule has 2 saturated heterocycles. The fourth-order valence-electron chi connectivity index (χ4n) is 5.76. The number of carbonyl (C=O) groups excluding carboxylic acids is 1. The largest absolute Gasteiger partial charge is 0.455 e. The van der Waals surface area contributed by atoms with E-state index in [2.05, 4.69) is 6.58 Å². The molecule has 2 heterocycles. The first-order chi connectivity index (χ1) is 12.4.